The fraction of sp³-hybridized carbons (Fsp3) is 0.422. The van der Waals surface area contributed by atoms with Crippen LogP contribution >= 0.6 is 31.9 Å². The van der Waals surface area contributed by atoms with Crippen LogP contribution in [0.15, 0.2) is 82.1 Å². The molecule has 2 fully saturated rings. The zero-order valence-electron chi connectivity index (χ0n) is 36.6. The molecule has 346 valence electrons. The van der Waals surface area contributed by atoms with E-state index in [1.165, 1.54) is 77.8 Å². The van der Waals surface area contributed by atoms with Gasteiger partial charge in [0, 0.05) is 36.3 Å². The summed E-state index contributed by atoms with van der Waals surface area (Å²) in [5.41, 5.74) is -3.17. The predicted octanol–water partition coefficient (Wildman–Crippen LogP) is 11.0. The molecule has 4 aromatic heterocycles. The number of aromatic nitrogens is 6. The molecule has 0 radical (unpaired) electrons. The molecule has 2 aliphatic carbocycles. The Hall–Kier alpha value is -5.37. The van der Waals surface area contributed by atoms with Gasteiger partial charge in [0.15, 0.2) is 11.6 Å². The molecule has 5 aromatic rings. The topological polar surface area (TPSA) is 146 Å². The minimum atomic E-state index is -1.16. The molecule has 2 saturated carbocycles. The second kappa shape index (κ2) is 19.6. The second-order valence-electron chi connectivity index (χ2n) is 17.8. The maximum atomic E-state index is 14.7. The van der Waals surface area contributed by atoms with E-state index in [1.54, 1.807) is 53.7 Å². The van der Waals surface area contributed by atoms with Crippen molar-refractivity contribution in [3.05, 3.63) is 111 Å². The van der Waals surface area contributed by atoms with Crippen LogP contribution in [-0.4, -0.2) is 86.3 Å². The van der Waals surface area contributed by atoms with E-state index >= 15 is 0 Å². The highest BCUT2D eigenvalue weighted by Crippen LogP contribution is 2.48. The lowest BCUT2D eigenvalue weighted by Gasteiger charge is -2.46. The first-order valence-corrected chi connectivity index (χ1v) is 22.0. The number of ether oxygens (including phenoxy) is 3. The molecule has 1 aromatic carbocycles. The molecule has 13 nitrogen and oxygen atoms in total. The fourth-order valence-corrected chi connectivity index (χ4v) is 8.37. The monoisotopic (exact) mass is 1030 g/mol. The predicted molar refractivity (Wildman–Crippen MR) is 239 cm³/mol. The fourth-order valence-electron chi connectivity index (χ4n) is 7.67. The second-order valence-corrected chi connectivity index (χ2v) is 19.5. The molecular formula is C45H47Br2F5N8O5. The van der Waals surface area contributed by atoms with Gasteiger partial charge >= 0.3 is 12.2 Å². The summed E-state index contributed by atoms with van der Waals surface area (Å²) >= 11 is 6.53. The number of benzene rings is 1. The Balaban J connectivity index is 0.000000224. The minimum absolute atomic E-state index is 0.0213. The van der Waals surface area contributed by atoms with Crippen LogP contribution < -0.4 is 14.5 Å². The van der Waals surface area contributed by atoms with E-state index in [2.05, 4.69) is 62.2 Å². The van der Waals surface area contributed by atoms with E-state index in [4.69, 9.17) is 14.2 Å². The molecule has 0 bridgehead atoms. The van der Waals surface area contributed by atoms with Gasteiger partial charge in [-0.1, -0.05) is 0 Å². The third-order valence-electron chi connectivity index (χ3n) is 10.5. The van der Waals surface area contributed by atoms with Gasteiger partial charge in [0.2, 0.25) is 0 Å². The van der Waals surface area contributed by atoms with Gasteiger partial charge in [-0.25, -0.2) is 31.5 Å². The highest BCUT2D eigenvalue weighted by molar-refractivity contribution is 9.10. The summed E-state index contributed by atoms with van der Waals surface area (Å²) < 4.78 is 89.4. The van der Waals surface area contributed by atoms with E-state index in [0.717, 1.165) is 0 Å². The van der Waals surface area contributed by atoms with Crippen LogP contribution in [0.2, 0.25) is 0 Å². The van der Waals surface area contributed by atoms with Crippen LogP contribution in [0.5, 0.6) is 5.75 Å². The molecule has 0 spiro atoms. The quantitative estimate of drug-likeness (QED) is 0.123. The lowest BCUT2D eigenvalue weighted by Crippen LogP contribution is -2.54. The zero-order valence-corrected chi connectivity index (χ0v) is 39.8. The van der Waals surface area contributed by atoms with Crippen molar-refractivity contribution in [1.82, 2.24) is 30.4 Å². The van der Waals surface area contributed by atoms with Gasteiger partial charge < -0.3 is 14.2 Å². The van der Waals surface area contributed by atoms with Crippen LogP contribution in [0.1, 0.15) is 78.6 Å². The summed E-state index contributed by atoms with van der Waals surface area (Å²) in [4.78, 5) is 36.9. The number of rotatable bonds is 10. The number of methoxy groups -OCH3 is 1. The molecule has 0 aliphatic heterocycles. The van der Waals surface area contributed by atoms with Crippen molar-refractivity contribution in [3.8, 4) is 17.0 Å². The Morgan fingerprint density at radius 3 is 1.49 bits per heavy atom. The molecular weight excluding hydrogens is 987 g/mol. The van der Waals surface area contributed by atoms with E-state index in [1.807, 2.05) is 0 Å². The zero-order chi connectivity index (χ0) is 47.5. The van der Waals surface area contributed by atoms with Crippen molar-refractivity contribution in [2.45, 2.75) is 102 Å². The first kappa shape index (κ1) is 49.1. The summed E-state index contributed by atoms with van der Waals surface area (Å²) in [5.74, 6) is -1.14. The van der Waals surface area contributed by atoms with Crippen molar-refractivity contribution in [2.75, 3.05) is 30.0 Å². The van der Waals surface area contributed by atoms with Gasteiger partial charge in [-0.3, -0.25) is 19.8 Å². The van der Waals surface area contributed by atoms with Crippen molar-refractivity contribution in [3.63, 3.8) is 0 Å². The molecule has 0 atom stereocenters. The highest BCUT2D eigenvalue weighted by Gasteiger charge is 2.52. The number of halogens is 7. The van der Waals surface area contributed by atoms with Gasteiger partial charge in [0.1, 0.15) is 51.3 Å². The molecule has 65 heavy (non-hydrogen) atoms. The van der Waals surface area contributed by atoms with Gasteiger partial charge in [0.25, 0.3) is 0 Å². The average Bonchev–Trinajstić information content (AvgIpc) is 3.21. The summed E-state index contributed by atoms with van der Waals surface area (Å²) in [5, 5.41) is 16.2. The van der Waals surface area contributed by atoms with Crippen LogP contribution in [0.3, 0.4) is 0 Å². The lowest BCUT2D eigenvalue weighted by molar-refractivity contribution is 0.0501. The largest absolute Gasteiger partial charge is 0.495 e. The van der Waals surface area contributed by atoms with Gasteiger partial charge in [-0.2, -0.15) is 0 Å². The summed E-state index contributed by atoms with van der Waals surface area (Å²) in [6.07, 6.45) is -0.713. The van der Waals surface area contributed by atoms with E-state index < -0.39 is 64.0 Å². The number of anilines is 2. The molecule has 7 rings (SSSR count). The van der Waals surface area contributed by atoms with Gasteiger partial charge in [-0.15, -0.1) is 20.4 Å². The smallest absolute Gasteiger partial charge is 0.416 e. The van der Waals surface area contributed by atoms with Crippen molar-refractivity contribution < 1.29 is 45.8 Å². The molecule has 0 unspecified atom stereocenters. The maximum Gasteiger partial charge on any atom is 0.416 e. The summed E-state index contributed by atoms with van der Waals surface area (Å²) in [6.45, 7) is 10.2. The summed E-state index contributed by atoms with van der Waals surface area (Å²) in [6, 6.07) is 14.4. The summed E-state index contributed by atoms with van der Waals surface area (Å²) in [7, 11) is 1.40. The van der Waals surface area contributed by atoms with Crippen molar-refractivity contribution in [1.29, 1.82) is 0 Å². The molecule has 20 heteroatoms. The molecule has 2 amide bonds. The SMILES string of the molecule is CC(C)(C)OC(=O)N(CC1(c2ncccc2F)CC(F)C1)c1ccc(Br)nn1.COc1c(Br)ccc(F)c1-c1ccc(N(CC2(c3ncccc3F)CC(F)C2)C(=O)OC(C)(C)C)nn1. The number of hydrogen-bond acceptors (Lipinski definition) is 11. The van der Waals surface area contributed by atoms with Crippen molar-refractivity contribution >= 4 is 55.7 Å². The third-order valence-corrected chi connectivity index (χ3v) is 11.5. The van der Waals surface area contributed by atoms with Crippen LogP contribution in [0.4, 0.5) is 43.2 Å². The number of alkyl halides is 2. The third kappa shape index (κ3) is 11.5. The molecule has 0 N–H and O–H groups in total. The van der Waals surface area contributed by atoms with Crippen LogP contribution in [0, 0.1) is 17.5 Å². The van der Waals surface area contributed by atoms with E-state index in [0.29, 0.717) is 9.08 Å². The Kier molecular flexibility index (Phi) is 14.8. The number of carbonyl (C=O) groups is 2. The number of hydrogen-bond donors (Lipinski definition) is 0. The maximum absolute atomic E-state index is 14.7. The van der Waals surface area contributed by atoms with Crippen molar-refractivity contribution in [2.24, 2.45) is 0 Å². The lowest BCUT2D eigenvalue weighted by atomic mass is 9.64. The van der Waals surface area contributed by atoms with E-state index in [-0.39, 0.29) is 78.8 Å². The number of nitrogens with zero attached hydrogens (tertiary/aromatic N) is 8. The highest BCUT2D eigenvalue weighted by atomic mass is 79.9. The first-order valence-electron chi connectivity index (χ1n) is 20.4. The molecule has 4 heterocycles. The Bertz CT molecular complexity index is 2480. The number of pyridine rings is 2. The van der Waals surface area contributed by atoms with Gasteiger partial charge in [-0.05, 0) is 160 Å². The van der Waals surface area contributed by atoms with Gasteiger partial charge in [0.05, 0.1) is 34.2 Å². The normalized spacial score (nSPS) is 20.3. The molecule has 2 aliphatic rings. The van der Waals surface area contributed by atoms with Crippen LogP contribution in [0.25, 0.3) is 11.3 Å². The Labute approximate surface area is 389 Å². The Morgan fingerprint density at radius 2 is 1.12 bits per heavy atom. The first-order chi connectivity index (χ1) is 30.5. The standard InChI is InChI=1S/C26H26BrF3N4O3.C19H21BrF2N4O2/c1-25(2,3)37-24(35)34(14-26(12-15(28)13-26)23-18(30)6-5-11-31-23)20-10-9-19(32-33-20)21-17(29)8-7-16(27)22(21)36-4;1-18(2,3)28-17(27)26(15-7-6-14(20)24-25-15)11-19(9-12(21)10-19)16-13(22)5-4-8-23-16/h5-11,15H,12-14H2,1-4H3;4-8,12H,9-11H2,1-3H3. The average molecular weight is 1030 g/mol. The Morgan fingerprint density at radius 1 is 0.662 bits per heavy atom. The number of carbonyl (C=O) groups excluding carboxylic acids is 2. The minimum Gasteiger partial charge on any atom is -0.495 e. The molecule has 0 saturated heterocycles. The van der Waals surface area contributed by atoms with Crippen LogP contribution in [-0.2, 0) is 20.3 Å². The van der Waals surface area contributed by atoms with E-state index in [9.17, 15) is 31.5 Å². The number of amides is 2.